The molecule has 0 bridgehead atoms. The van der Waals surface area contributed by atoms with Gasteiger partial charge in [0.1, 0.15) is 11.5 Å². The number of hydrogen-bond acceptors (Lipinski definition) is 3. The first-order valence-electron chi connectivity index (χ1n) is 6.55. The molecule has 1 N–H and O–H groups in total. The average Bonchev–Trinajstić information content (AvgIpc) is 2.80. The van der Waals surface area contributed by atoms with Gasteiger partial charge in [-0.15, -0.1) is 0 Å². The molecule has 0 fully saturated rings. The van der Waals surface area contributed by atoms with Crippen molar-refractivity contribution in [1.82, 2.24) is 4.98 Å². The number of aryl methyl sites for hydroxylation is 2. The highest BCUT2D eigenvalue weighted by molar-refractivity contribution is 5.81. The van der Waals surface area contributed by atoms with Crippen molar-refractivity contribution >= 4 is 16.6 Å². The molecule has 3 rings (SSSR count). The number of rotatable bonds is 3. The quantitative estimate of drug-likeness (QED) is 0.568. The van der Waals surface area contributed by atoms with Crippen LogP contribution in [0.2, 0.25) is 0 Å². The number of H-pyrrole nitrogens is 1. The molecule has 0 aliphatic heterocycles. The number of nitrogens with one attached hydrogen (secondary N) is 1. The van der Waals surface area contributed by atoms with Crippen LogP contribution in [0.4, 0.5) is 5.69 Å². The standard InChI is InChI=1S/C16H14N2O3/c1-10-7-13(18(19)20)3-6-16(10)21-14-4-5-15-12(9-14)8-11(2)17-15/h3-9,17H,1-2H3. The number of hydrogen-bond donors (Lipinski definition) is 1. The summed E-state index contributed by atoms with van der Waals surface area (Å²) < 4.78 is 5.82. The minimum absolute atomic E-state index is 0.0663. The van der Waals surface area contributed by atoms with Gasteiger partial charge in [0.05, 0.1) is 4.92 Å². The Kier molecular flexibility index (Phi) is 3.10. The van der Waals surface area contributed by atoms with E-state index in [0.717, 1.165) is 22.2 Å². The highest BCUT2D eigenvalue weighted by Crippen LogP contribution is 2.30. The molecule has 1 aromatic heterocycles. The fourth-order valence-electron chi connectivity index (χ4n) is 2.31. The van der Waals surface area contributed by atoms with Gasteiger partial charge in [-0.05, 0) is 49.7 Å². The van der Waals surface area contributed by atoms with Crippen LogP contribution in [0.25, 0.3) is 10.9 Å². The van der Waals surface area contributed by atoms with Crippen molar-refractivity contribution in [2.45, 2.75) is 13.8 Å². The highest BCUT2D eigenvalue weighted by atomic mass is 16.6. The summed E-state index contributed by atoms with van der Waals surface area (Å²) >= 11 is 0. The van der Waals surface area contributed by atoms with Crippen LogP contribution >= 0.6 is 0 Å². The summed E-state index contributed by atoms with van der Waals surface area (Å²) in [5.74, 6) is 1.32. The smallest absolute Gasteiger partial charge is 0.269 e. The second-order valence-electron chi connectivity index (χ2n) is 5.01. The van der Waals surface area contributed by atoms with E-state index in [-0.39, 0.29) is 5.69 Å². The van der Waals surface area contributed by atoms with Gasteiger partial charge in [-0.1, -0.05) is 0 Å². The molecular weight excluding hydrogens is 268 g/mol. The average molecular weight is 282 g/mol. The second kappa shape index (κ2) is 4.94. The van der Waals surface area contributed by atoms with Crippen molar-refractivity contribution in [2.75, 3.05) is 0 Å². The van der Waals surface area contributed by atoms with Crippen LogP contribution in [-0.4, -0.2) is 9.91 Å². The molecule has 0 amide bonds. The van der Waals surface area contributed by atoms with E-state index in [0.29, 0.717) is 11.5 Å². The molecule has 106 valence electrons. The predicted molar refractivity (Wildman–Crippen MR) is 80.9 cm³/mol. The van der Waals surface area contributed by atoms with Crippen LogP contribution < -0.4 is 4.74 Å². The molecular formula is C16H14N2O3. The van der Waals surface area contributed by atoms with E-state index in [9.17, 15) is 10.1 Å². The van der Waals surface area contributed by atoms with E-state index in [1.54, 1.807) is 13.0 Å². The van der Waals surface area contributed by atoms with Crippen LogP contribution in [0.1, 0.15) is 11.3 Å². The Morgan fingerprint density at radius 1 is 1.10 bits per heavy atom. The maximum absolute atomic E-state index is 10.7. The molecule has 0 spiro atoms. The molecule has 5 heteroatoms. The van der Waals surface area contributed by atoms with Gasteiger partial charge in [0.25, 0.3) is 5.69 Å². The minimum Gasteiger partial charge on any atom is -0.457 e. The first-order valence-corrected chi connectivity index (χ1v) is 6.55. The third-order valence-corrected chi connectivity index (χ3v) is 3.32. The lowest BCUT2D eigenvalue weighted by molar-refractivity contribution is -0.384. The maximum Gasteiger partial charge on any atom is 0.269 e. The van der Waals surface area contributed by atoms with Gasteiger partial charge in [0.2, 0.25) is 0 Å². The minimum atomic E-state index is -0.411. The number of ether oxygens (including phenoxy) is 1. The summed E-state index contributed by atoms with van der Waals surface area (Å²) in [6.07, 6.45) is 0. The van der Waals surface area contributed by atoms with E-state index >= 15 is 0 Å². The molecule has 0 atom stereocenters. The number of fused-ring (bicyclic) bond motifs is 1. The number of non-ortho nitro benzene ring substituents is 1. The van der Waals surface area contributed by atoms with E-state index in [1.807, 2.05) is 31.2 Å². The number of nitrogens with zero attached hydrogens (tertiary/aromatic N) is 1. The second-order valence-corrected chi connectivity index (χ2v) is 5.01. The Morgan fingerprint density at radius 2 is 1.90 bits per heavy atom. The fraction of sp³-hybridized carbons (Fsp3) is 0.125. The van der Waals surface area contributed by atoms with E-state index in [2.05, 4.69) is 4.98 Å². The summed E-state index contributed by atoms with van der Waals surface area (Å²) in [5, 5.41) is 11.8. The lowest BCUT2D eigenvalue weighted by atomic mass is 10.2. The molecule has 0 unspecified atom stereocenters. The van der Waals surface area contributed by atoms with Crippen molar-refractivity contribution in [3.63, 3.8) is 0 Å². The lowest BCUT2D eigenvalue weighted by Crippen LogP contribution is -1.91. The Bertz CT molecular complexity index is 837. The van der Waals surface area contributed by atoms with Crippen LogP contribution in [0.3, 0.4) is 0 Å². The molecule has 5 nitrogen and oxygen atoms in total. The Hall–Kier alpha value is -2.82. The zero-order chi connectivity index (χ0) is 15.0. The first kappa shape index (κ1) is 13.2. The molecule has 21 heavy (non-hydrogen) atoms. The van der Waals surface area contributed by atoms with Crippen LogP contribution in [0.5, 0.6) is 11.5 Å². The summed E-state index contributed by atoms with van der Waals surface area (Å²) in [6.45, 7) is 3.79. The number of aromatic nitrogens is 1. The van der Waals surface area contributed by atoms with Crippen molar-refractivity contribution < 1.29 is 9.66 Å². The van der Waals surface area contributed by atoms with Crippen molar-refractivity contribution in [3.8, 4) is 11.5 Å². The lowest BCUT2D eigenvalue weighted by Gasteiger charge is -2.08. The molecule has 2 aromatic carbocycles. The van der Waals surface area contributed by atoms with Gasteiger partial charge >= 0.3 is 0 Å². The molecule has 0 saturated carbocycles. The molecule has 0 aliphatic rings. The van der Waals surface area contributed by atoms with Gasteiger partial charge in [-0.2, -0.15) is 0 Å². The summed E-state index contributed by atoms with van der Waals surface area (Å²) in [5.41, 5.74) is 2.94. The Labute approximate surface area is 121 Å². The van der Waals surface area contributed by atoms with Crippen molar-refractivity contribution in [3.05, 3.63) is 63.8 Å². The van der Waals surface area contributed by atoms with Gasteiger partial charge < -0.3 is 9.72 Å². The topological polar surface area (TPSA) is 68.2 Å². The Morgan fingerprint density at radius 3 is 2.62 bits per heavy atom. The summed E-state index contributed by atoms with van der Waals surface area (Å²) in [4.78, 5) is 13.6. The van der Waals surface area contributed by atoms with Crippen LogP contribution in [-0.2, 0) is 0 Å². The molecule has 1 heterocycles. The zero-order valence-corrected chi connectivity index (χ0v) is 11.7. The number of nitro benzene ring substituents is 1. The van der Waals surface area contributed by atoms with Crippen LogP contribution in [0, 0.1) is 24.0 Å². The molecule has 0 radical (unpaired) electrons. The summed E-state index contributed by atoms with van der Waals surface area (Å²) in [6, 6.07) is 12.4. The largest absolute Gasteiger partial charge is 0.457 e. The van der Waals surface area contributed by atoms with E-state index < -0.39 is 4.92 Å². The third kappa shape index (κ3) is 2.58. The first-order chi connectivity index (χ1) is 10.0. The van der Waals surface area contributed by atoms with Crippen molar-refractivity contribution in [2.24, 2.45) is 0 Å². The fourth-order valence-corrected chi connectivity index (χ4v) is 2.31. The van der Waals surface area contributed by atoms with Gasteiger partial charge in [0, 0.05) is 28.7 Å². The number of benzene rings is 2. The van der Waals surface area contributed by atoms with E-state index in [4.69, 9.17) is 4.74 Å². The maximum atomic E-state index is 10.7. The normalized spacial score (nSPS) is 10.8. The van der Waals surface area contributed by atoms with Gasteiger partial charge in [-0.25, -0.2) is 0 Å². The SMILES string of the molecule is Cc1cc2cc(Oc3ccc([N+](=O)[O-])cc3C)ccc2[nH]1. The van der Waals surface area contributed by atoms with E-state index in [1.165, 1.54) is 12.1 Å². The molecule has 0 aliphatic carbocycles. The summed E-state index contributed by atoms with van der Waals surface area (Å²) in [7, 11) is 0. The zero-order valence-electron chi connectivity index (χ0n) is 11.7. The third-order valence-electron chi connectivity index (χ3n) is 3.32. The van der Waals surface area contributed by atoms with Crippen molar-refractivity contribution in [1.29, 1.82) is 0 Å². The van der Waals surface area contributed by atoms with Gasteiger partial charge in [-0.3, -0.25) is 10.1 Å². The molecule has 0 saturated heterocycles. The predicted octanol–water partition coefficient (Wildman–Crippen LogP) is 4.49. The number of aromatic amines is 1. The van der Waals surface area contributed by atoms with Gasteiger partial charge in [0.15, 0.2) is 0 Å². The highest BCUT2D eigenvalue weighted by Gasteiger charge is 2.10. The van der Waals surface area contributed by atoms with Crippen LogP contribution in [0.15, 0.2) is 42.5 Å². The monoisotopic (exact) mass is 282 g/mol. The molecule has 3 aromatic rings. The number of nitro groups is 1. The Balaban J connectivity index is 1.92.